The molecule has 2 atom stereocenters. The predicted molar refractivity (Wildman–Crippen MR) is 290 cm³/mol. The summed E-state index contributed by atoms with van der Waals surface area (Å²) in [5.74, 6) is -6.66. The summed E-state index contributed by atoms with van der Waals surface area (Å²) in [7, 11) is -17.1. The minimum Gasteiger partial charge on any atom is -0.744 e. The minimum absolute atomic E-state index is 0.0303. The molecule has 3 N–H and O–H groups in total. The Morgan fingerprint density at radius 1 is 0.778 bits per heavy atom. The van der Waals surface area contributed by atoms with Crippen LogP contribution in [0.3, 0.4) is 0 Å². The van der Waals surface area contributed by atoms with Gasteiger partial charge in [0.2, 0.25) is 5.69 Å². The van der Waals surface area contributed by atoms with Crippen molar-refractivity contribution >= 4 is 102 Å². The molecule has 0 spiro atoms. The fourth-order valence-electron chi connectivity index (χ4n) is 11.0. The average Bonchev–Trinajstić information content (AvgIpc) is 1.99. The Labute approximate surface area is 465 Å². The van der Waals surface area contributed by atoms with Crippen molar-refractivity contribution in [3.05, 3.63) is 131 Å². The van der Waals surface area contributed by atoms with Crippen LogP contribution in [0.15, 0.2) is 111 Å². The Kier molecular flexibility index (Phi) is 16.9. The number of nitrogens with zero attached hydrogens (tertiary/aromatic N) is 3. The van der Waals surface area contributed by atoms with Crippen molar-refractivity contribution in [1.82, 2.24) is 5.06 Å². The first-order valence-corrected chi connectivity index (χ1v) is 30.9. The zero-order valence-electron chi connectivity index (χ0n) is 44.1. The van der Waals surface area contributed by atoms with Gasteiger partial charge < -0.3 is 23.8 Å². The number of fused-ring (bicyclic) bond motifs is 6. The third-order valence-corrected chi connectivity index (χ3v) is 18.1. The highest BCUT2D eigenvalue weighted by Gasteiger charge is 2.49. The summed E-state index contributed by atoms with van der Waals surface area (Å²) in [5.41, 5.74) is -2.00. The topological polar surface area (TPSA) is 309 Å². The van der Waals surface area contributed by atoms with Crippen molar-refractivity contribution in [3.8, 4) is 0 Å². The van der Waals surface area contributed by atoms with E-state index in [4.69, 9.17) is 14.3 Å². The number of hydrogen-bond acceptors (Lipinski definition) is 16. The first kappa shape index (κ1) is 60.4. The van der Waals surface area contributed by atoms with E-state index in [9.17, 15) is 66.3 Å². The lowest BCUT2D eigenvalue weighted by molar-refractivity contribution is -0.437. The van der Waals surface area contributed by atoms with Crippen molar-refractivity contribution in [3.63, 3.8) is 0 Å². The van der Waals surface area contributed by atoms with Gasteiger partial charge in [-0.1, -0.05) is 25.1 Å². The van der Waals surface area contributed by atoms with Crippen molar-refractivity contribution in [2.75, 3.05) is 51.2 Å². The summed E-state index contributed by atoms with van der Waals surface area (Å²) < 4.78 is 191. The van der Waals surface area contributed by atoms with Crippen molar-refractivity contribution in [2.24, 2.45) is 0 Å². The Morgan fingerprint density at radius 3 is 1.98 bits per heavy atom. The number of allylic oxidation sites excluding steroid dienone is 6. The molecule has 1 saturated heterocycles. The number of hydrogen-bond donors (Lipinski definition) is 3. The van der Waals surface area contributed by atoms with E-state index >= 15 is 8.78 Å². The molecule has 0 saturated carbocycles. The number of benzene rings is 5. The molecule has 27 heteroatoms. The molecule has 3 heterocycles. The monoisotopic (exact) mass is 1200 g/mol. The third kappa shape index (κ3) is 11.9. The number of amides is 2. The molecule has 1 fully saturated rings. The number of imide groups is 1. The Hall–Kier alpha value is -6.66. The molecule has 3 aliphatic rings. The van der Waals surface area contributed by atoms with Gasteiger partial charge >= 0.3 is 5.97 Å². The molecule has 81 heavy (non-hydrogen) atoms. The normalized spacial score (nSPS) is 19.5. The molecule has 5 aromatic rings. The Balaban J connectivity index is 1.42. The number of anilines is 1. The number of hydroxylamine groups is 2. The standard InChI is InChI=1S/C54H55F2N3O18S4/c1-6-22-57-42-14-9-32-8-12-35(79(66,67)68)29-38(32)50(42)53(2,20-24-75-4)45(57)16-10-33(49-40(55)27-34(28-41(49)56)52(62)77-59-47(60)18-19-48(59)61)11-17-46-54(3,21-25-76-5)51-39-30-36(80(69,70)71)31-44(81(72,73)74)37(39)13-15-43(51)58(46)23-7-26-78(63,64)65/h8-17,27-31H,6-7,18-26H2,1-5H3,(H3-,63,64,65,66,67,68,69,70,71,72,73,74). The minimum atomic E-state index is -5.21. The average molecular weight is 1200 g/mol. The van der Waals surface area contributed by atoms with Crippen LogP contribution in [0.1, 0.15) is 86.3 Å². The molecule has 2 unspecified atom stereocenters. The van der Waals surface area contributed by atoms with Gasteiger partial charge in [-0.05, 0) is 121 Å². The van der Waals surface area contributed by atoms with Crippen molar-refractivity contribution in [2.45, 2.75) is 84.8 Å². The SMILES string of the molecule is CCC[N+]1=C(/C=C/C(=C/C=C2/N(CCCS(=O)(=O)O)c3ccc4c(S(=O)(=O)O)cc(S(=O)(=O)O)cc4c3C2(C)CCOC)c2c(F)cc(C(=O)ON3C(=O)CCC3=O)cc2F)C(C)(CCOC)c2c1ccc1ccc(S(=O)(=O)[O-])cc21. The summed E-state index contributed by atoms with van der Waals surface area (Å²) in [6.07, 6.45) is 5.58. The van der Waals surface area contributed by atoms with Crippen LogP contribution in [0.4, 0.5) is 20.2 Å². The summed E-state index contributed by atoms with van der Waals surface area (Å²) in [6, 6.07) is 13.1. The molecule has 8 rings (SSSR count). The predicted octanol–water partition coefficient (Wildman–Crippen LogP) is 7.31. The number of methoxy groups -OCH3 is 2. The summed E-state index contributed by atoms with van der Waals surface area (Å²) >= 11 is 0. The number of carbonyl (C=O) groups is 3. The molecule has 2 amide bonds. The quantitative estimate of drug-likeness (QED) is 0.0281. The molecule has 21 nitrogen and oxygen atoms in total. The second-order valence-electron chi connectivity index (χ2n) is 20.0. The van der Waals surface area contributed by atoms with Crippen LogP contribution >= 0.6 is 0 Å². The van der Waals surface area contributed by atoms with E-state index in [1.54, 1.807) is 24.0 Å². The fourth-order valence-corrected chi connectivity index (χ4v) is 13.3. The van der Waals surface area contributed by atoms with Gasteiger partial charge in [-0.25, -0.2) is 22.0 Å². The van der Waals surface area contributed by atoms with Gasteiger partial charge in [0.1, 0.15) is 33.2 Å². The molecule has 0 bridgehead atoms. The maximum Gasteiger partial charge on any atom is 0.364 e. The van der Waals surface area contributed by atoms with Gasteiger partial charge in [0.05, 0.1) is 32.1 Å². The van der Waals surface area contributed by atoms with Gasteiger partial charge in [0.25, 0.3) is 42.2 Å². The maximum atomic E-state index is 17.1. The zero-order valence-corrected chi connectivity index (χ0v) is 47.4. The molecular formula is C54H55F2N3O18S4. The van der Waals surface area contributed by atoms with Crippen LogP contribution in [0.5, 0.6) is 0 Å². The van der Waals surface area contributed by atoms with Gasteiger partial charge in [0.15, 0.2) is 5.71 Å². The highest BCUT2D eigenvalue weighted by atomic mass is 32.2. The van der Waals surface area contributed by atoms with Gasteiger partial charge in [-0.15, -0.1) is 5.06 Å². The van der Waals surface area contributed by atoms with E-state index in [2.05, 4.69) is 0 Å². The molecule has 0 aliphatic carbocycles. The third-order valence-electron chi connectivity index (χ3n) is 14.7. The molecule has 0 aromatic heterocycles. The van der Waals surface area contributed by atoms with Crippen LogP contribution in [-0.4, -0.2) is 131 Å². The molecule has 432 valence electrons. The van der Waals surface area contributed by atoms with Gasteiger partial charge in [-0.2, -0.15) is 29.8 Å². The van der Waals surface area contributed by atoms with E-state index in [-0.39, 0.29) is 90.2 Å². The number of ether oxygens (including phenoxy) is 2. The van der Waals surface area contributed by atoms with Gasteiger partial charge in [0, 0.05) is 93.1 Å². The maximum absolute atomic E-state index is 17.1. The second kappa shape index (κ2) is 22.6. The lowest BCUT2D eigenvalue weighted by Crippen LogP contribution is -2.33. The Morgan fingerprint density at radius 2 is 1.40 bits per heavy atom. The lowest BCUT2D eigenvalue weighted by Gasteiger charge is -2.30. The highest BCUT2D eigenvalue weighted by Crippen LogP contribution is 2.54. The zero-order chi connectivity index (χ0) is 59.4. The van der Waals surface area contributed by atoms with E-state index in [0.29, 0.717) is 58.9 Å². The molecule has 0 radical (unpaired) electrons. The summed E-state index contributed by atoms with van der Waals surface area (Å²) in [4.78, 5) is 42.2. The first-order chi connectivity index (χ1) is 37.9. The number of halogens is 2. The second-order valence-corrected chi connectivity index (χ2v) is 25.7. The van der Waals surface area contributed by atoms with E-state index in [1.165, 1.54) is 62.8 Å². The van der Waals surface area contributed by atoms with Crippen molar-refractivity contribution < 1.29 is 93.9 Å². The number of carbonyl (C=O) groups excluding carboxylic acids is 3. The summed E-state index contributed by atoms with van der Waals surface area (Å²) in [5, 5.41) is 0.900. The fraction of sp³-hybridized carbons (Fsp3) is 0.333. The van der Waals surface area contributed by atoms with Crippen LogP contribution in [-0.2, 0) is 75.2 Å². The van der Waals surface area contributed by atoms with Crippen LogP contribution in [0.25, 0.3) is 27.1 Å². The van der Waals surface area contributed by atoms with Gasteiger partial charge in [-0.3, -0.25) is 23.2 Å². The summed E-state index contributed by atoms with van der Waals surface area (Å²) in [6.45, 7) is 5.56. The van der Waals surface area contributed by atoms with Crippen molar-refractivity contribution in [1.29, 1.82) is 0 Å². The number of rotatable bonds is 21. The smallest absolute Gasteiger partial charge is 0.364 e. The lowest BCUT2D eigenvalue weighted by atomic mass is 9.74. The molecule has 5 aromatic carbocycles. The van der Waals surface area contributed by atoms with E-state index < -0.39 is 112 Å². The van der Waals surface area contributed by atoms with E-state index in [1.807, 2.05) is 24.5 Å². The first-order valence-electron chi connectivity index (χ1n) is 25.0. The van der Waals surface area contributed by atoms with Crippen LogP contribution in [0.2, 0.25) is 0 Å². The highest BCUT2D eigenvalue weighted by molar-refractivity contribution is 7.87. The van der Waals surface area contributed by atoms with Crippen LogP contribution < -0.4 is 4.90 Å². The van der Waals surface area contributed by atoms with Crippen LogP contribution in [0, 0.1) is 11.6 Å². The molecular weight excluding hydrogens is 1140 g/mol. The Bertz CT molecular complexity index is 4050. The van der Waals surface area contributed by atoms with E-state index in [0.717, 1.165) is 6.07 Å². The molecule has 3 aliphatic heterocycles. The largest absolute Gasteiger partial charge is 0.744 e.